The normalized spacial score (nSPS) is 12.3. The predicted molar refractivity (Wildman–Crippen MR) is 72.4 cm³/mol. The predicted octanol–water partition coefficient (Wildman–Crippen LogP) is 3.48. The molecule has 2 N–H and O–H groups in total. The fourth-order valence-corrected chi connectivity index (χ4v) is 1.91. The van der Waals surface area contributed by atoms with Gasteiger partial charge in [-0.3, -0.25) is 0 Å². The van der Waals surface area contributed by atoms with E-state index in [1.54, 1.807) is 6.07 Å². The molecule has 0 aliphatic carbocycles. The largest absolute Gasteiger partial charge is 0.475 e. The molecular weight excluding hydrogens is 266 g/mol. The second-order valence-corrected chi connectivity index (χ2v) is 4.61. The molecule has 0 spiro atoms. The van der Waals surface area contributed by atoms with Gasteiger partial charge in [-0.05, 0) is 30.7 Å². The maximum atomic E-state index is 10.7. The number of hydrogen-bond acceptors (Lipinski definition) is 3. The summed E-state index contributed by atoms with van der Waals surface area (Å²) in [4.78, 5) is 10.7. The summed E-state index contributed by atoms with van der Waals surface area (Å²) in [5, 5.41) is 12.7. The lowest BCUT2D eigenvalue weighted by Gasteiger charge is -2.12. The Labute approximate surface area is 116 Å². The molecule has 1 aromatic carbocycles. The molecule has 1 aromatic heterocycles. The van der Waals surface area contributed by atoms with Crippen LogP contribution >= 0.6 is 11.6 Å². The van der Waals surface area contributed by atoms with Crippen LogP contribution in [0.15, 0.2) is 40.8 Å². The van der Waals surface area contributed by atoms with E-state index in [1.165, 1.54) is 6.07 Å². The van der Waals surface area contributed by atoms with Crippen molar-refractivity contribution in [2.45, 2.75) is 19.5 Å². The van der Waals surface area contributed by atoms with E-state index >= 15 is 0 Å². The van der Waals surface area contributed by atoms with E-state index < -0.39 is 5.97 Å². The van der Waals surface area contributed by atoms with E-state index in [1.807, 2.05) is 31.2 Å². The lowest BCUT2D eigenvalue weighted by molar-refractivity contribution is 0.0659. The Balaban J connectivity index is 1.99. The molecule has 0 amide bonds. The van der Waals surface area contributed by atoms with Gasteiger partial charge in [0.15, 0.2) is 0 Å². The van der Waals surface area contributed by atoms with Crippen LogP contribution in [0.1, 0.15) is 34.8 Å². The monoisotopic (exact) mass is 279 g/mol. The van der Waals surface area contributed by atoms with Crippen molar-refractivity contribution < 1.29 is 14.3 Å². The van der Waals surface area contributed by atoms with Crippen LogP contribution in [-0.2, 0) is 6.54 Å². The molecular formula is C14H14ClNO3. The van der Waals surface area contributed by atoms with Gasteiger partial charge in [-0.15, -0.1) is 0 Å². The molecule has 2 aromatic rings. The quantitative estimate of drug-likeness (QED) is 0.879. The molecule has 4 nitrogen and oxygen atoms in total. The van der Waals surface area contributed by atoms with Crippen molar-refractivity contribution >= 4 is 17.6 Å². The molecule has 5 heteroatoms. The summed E-state index contributed by atoms with van der Waals surface area (Å²) in [5.41, 5.74) is 0.987. The van der Waals surface area contributed by atoms with Crippen molar-refractivity contribution in [2.75, 3.05) is 0 Å². The Morgan fingerprint density at radius 3 is 2.74 bits per heavy atom. The first-order valence-electron chi connectivity index (χ1n) is 5.87. The summed E-state index contributed by atoms with van der Waals surface area (Å²) in [6, 6.07) is 10.6. The first kappa shape index (κ1) is 13.6. The minimum absolute atomic E-state index is 0.0543. The zero-order valence-electron chi connectivity index (χ0n) is 10.4. The topological polar surface area (TPSA) is 62.5 Å². The van der Waals surface area contributed by atoms with Crippen LogP contribution < -0.4 is 5.32 Å². The number of furan rings is 1. The molecule has 1 heterocycles. The van der Waals surface area contributed by atoms with Gasteiger partial charge in [0.05, 0.1) is 6.04 Å². The van der Waals surface area contributed by atoms with Crippen molar-refractivity contribution in [3.05, 3.63) is 58.5 Å². The Morgan fingerprint density at radius 1 is 1.37 bits per heavy atom. The maximum absolute atomic E-state index is 10.7. The highest BCUT2D eigenvalue weighted by atomic mass is 35.5. The molecule has 0 aliphatic heterocycles. The SMILES string of the molecule is CC(NCc1ccccc1Cl)c1ccc(C(=O)O)o1. The van der Waals surface area contributed by atoms with Crippen LogP contribution in [-0.4, -0.2) is 11.1 Å². The molecule has 0 saturated heterocycles. The van der Waals surface area contributed by atoms with Gasteiger partial charge in [-0.25, -0.2) is 4.79 Å². The van der Waals surface area contributed by atoms with E-state index in [0.29, 0.717) is 17.3 Å². The highest BCUT2D eigenvalue weighted by Crippen LogP contribution is 2.19. The summed E-state index contributed by atoms with van der Waals surface area (Å²) in [5.74, 6) is -0.532. The Hall–Kier alpha value is -1.78. The third-order valence-electron chi connectivity index (χ3n) is 2.82. The van der Waals surface area contributed by atoms with Gasteiger partial charge in [0.2, 0.25) is 5.76 Å². The highest BCUT2D eigenvalue weighted by molar-refractivity contribution is 6.31. The minimum atomic E-state index is -1.07. The Morgan fingerprint density at radius 2 is 2.11 bits per heavy atom. The van der Waals surface area contributed by atoms with Crippen molar-refractivity contribution in [2.24, 2.45) is 0 Å². The van der Waals surface area contributed by atoms with E-state index in [0.717, 1.165) is 5.56 Å². The molecule has 0 aliphatic rings. The number of rotatable bonds is 5. The number of hydrogen-bond donors (Lipinski definition) is 2. The minimum Gasteiger partial charge on any atom is -0.475 e. The summed E-state index contributed by atoms with van der Waals surface area (Å²) >= 11 is 6.06. The molecule has 1 unspecified atom stereocenters. The van der Waals surface area contributed by atoms with E-state index in [-0.39, 0.29) is 11.8 Å². The molecule has 0 fully saturated rings. The van der Waals surface area contributed by atoms with Crippen molar-refractivity contribution in [1.29, 1.82) is 0 Å². The first-order valence-corrected chi connectivity index (χ1v) is 6.25. The summed E-state index contributed by atoms with van der Waals surface area (Å²) < 4.78 is 5.23. The second kappa shape index (κ2) is 5.91. The van der Waals surface area contributed by atoms with Crippen LogP contribution in [0.5, 0.6) is 0 Å². The molecule has 0 saturated carbocycles. The van der Waals surface area contributed by atoms with Crippen molar-refractivity contribution in [1.82, 2.24) is 5.32 Å². The lowest BCUT2D eigenvalue weighted by atomic mass is 10.2. The molecule has 0 radical (unpaired) electrons. The van der Waals surface area contributed by atoms with Crippen LogP contribution in [0.3, 0.4) is 0 Å². The van der Waals surface area contributed by atoms with E-state index in [4.69, 9.17) is 21.1 Å². The number of carbonyl (C=O) groups is 1. The number of halogens is 1. The van der Waals surface area contributed by atoms with Gasteiger partial charge in [0.25, 0.3) is 0 Å². The number of benzene rings is 1. The van der Waals surface area contributed by atoms with Gasteiger partial charge in [-0.1, -0.05) is 29.8 Å². The summed E-state index contributed by atoms with van der Waals surface area (Å²) in [6.07, 6.45) is 0. The van der Waals surface area contributed by atoms with Gasteiger partial charge in [0, 0.05) is 11.6 Å². The first-order chi connectivity index (χ1) is 9.08. The van der Waals surface area contributed by atoms with Crippen LogP contribution in [0.2, 0.25) is 5.02 Å². The molecule has 19 heavy (non-hydrogen) atoms. The molecule has 100 valence electrons. The number of carboxylic acids is 1. The lowest BCUT2D eigenvalue weighted by Crippen LogP contribution is -2.17. The van der Waals surface area contributed by atoms with Gasteiger partial charge in [-0.2, -0.15) is 0 Å². The fourth-order valence-electron chi connectivity index (χ4n) is 1.71. The van der Waals surface area contributed by atoms with Crippen LogP contribution in [0.25, 0.3) is 0 Å². The number of carboxylic acid groups (broad SMARTS) is 1. The summed E-state index contributed by atoms with van der Waals surface area (Å²) in [6.45, 7) is 2.49. The van der Waals surface area contributed by atoms with E-state index in [9.17, 15) is 4.79 Å². The third kappa shape index (κ3) is 3.36. The molecule has 2 rings (SSSR count). The maximum Gasteiger partial charge on any atom is 0.371 e. The van der Waals surface area contributed by atoms with Gasteiger partial charge >= 0.3 is 5.97 Å². The zero-order chi connectivity index (χ0) is 13.8. The third-order valence-corrected chi connectivity index (χ3v) is 3.19. The average Bonchev–Trinajstić information content (AvgIpc) is 2.87. The van der Waals surface area contributed by atoms with E-state index in [2.05, 4.69) is 5.32 Å². The van der Waals surface area contributed by atoms with Gasteiger partial charge < -0.3 is 14.8 Å². The second-order valence-electron chi connectivity index (χ2n) is 4.20. The fraction of sp³-hybridized carbons (Fsp3) is 0.214. The average molecular weight is 280 g/mol. The smallest absolute Gasteiger partial charge is 0.371 e. The molecule has 0 bridgehead atoms. The molecule has 1 atom stereocenters. The Kier molecular flexibility index (Phi) is 4.24. The van der Waals surface area contributed by atoms with Crippen molar-refractivity contribution in [3.63, 3.8) is 0 Å². The van der Waals surface area contributed by atoms with Gasteiger partial charge in [0.1, 0.15) is 5.76 Å². The van der Waals surface area contributed by atoms with Crippen LogP contribution in [0, 0.1) is 0 Å². The zero-order valence-corrected chi connectivity index (χ0v) is 11.1. The number of aromatic carboxylic acids is 1. The number of nitrogens with one attached hydrogen (secondary N) is 1. The summed E-state index contributed by atoms with van der Waals surface area (Å²) in [7, 11) is 0. The highest BCUT2D eigenvalue weighted by Gasteiger charge is 2.14. The standard InChI is InChI=1S/C14H14ClNO3/c1-9(12-6-7-13(19-12)14(17)18)16-8-10-4-2-3-5-11(10)15/h2-7,9,16H,8H2,1H3,(H,17,18). The van der Waals surface area contributed by atoms with Crippen LogP contribution in [0.4, 0.5) is 0 Å². The van der Waals surface area contributed by atoms with Crippen molar-refractivity contribution in [3.8, 4) is 0 Å². The Bertz CT molecular complexity index is 580.